The van der Waals surface area contributed by atoms with E-state index in [9.17, 15) is 4.79 Å². The van der Waals surface area contributed by atoms with Crippen LogP contribution < -0.4 is 5.32 Å². The Hall–Kier alpha value is -0.650. The lowest BCUT2D eigenvalue weighted by Crippen LogP contribution is -2.51. The molecule has 0 aliphatic heterocycles. The molecule has 2 unspecified atom stereocenters. The normalized spacial score (nSPS) is 26.6. The second-order valence-electron chi connectivity index (χ2n) is 5.08. The van der Waals surface area contributed by atoms with Gasteiger partial charge in [0, 0.05) is 26.7 Å². The van der Waals surface area contributed by atoms with E-state index in [1.807, 2.05) is 0 Å². The quantitative estimate of drug-likeness (QED) is 0.510. The smallest absolute Gasteiger partial charge is 0.326 e. The Morgan fingerprint density at radius 2 is 2.16 bits per heavy atom. The fraction of sp³-hybridized carbons (Fsp3) is 0.929. The summed E-state index contributed by atoms with van der Waals surface area (Å²) in [4.78, 5) is 12.0. The first-order valence-corrected chi connectivity index (χ1v) is 7.12. The molecule has 1 aliphatic carbocycles. The number of rotatable bonds is 9. The number of carbonyl (C=O) groups is 1. The molecule has 0 heterocycles. The van der Waals surface area contributed by atoms with Crippen molar-refractivity contribution in [3.8, 4) is 0 Å². The van der Waals surface area contributed by atoms with Gasteiger partial charge in [-0.3, -0.25) is 4.79 Å². The molecule has 0 amide bonds. The van der Waals surface area contributed by atoms with Crippen molar-refractivity contribution in [1.29, 1.82) is 0 Å². The maximum Gasteiger partial charge on any atom is 0.326 e. The molecule has 0 saturated heterocycles. The summed E-state index contributed by atoms with van der Waals surface area (Å²) in [6.07, 6.45) is 4.42. The minimum atomic E-state index is -0.545. The Morgan fingerprint density at radius 1 is 1.37 bits per heavy atom. The van der Waals surface area contributed by atoms with Crippen LogP contribution in [-0.2, 0) is 19.0 Å². The molecular formula is C14H27NO4. The summed E-state index contributed by atoms with van der Waals surface area (Å²) in [6.45, 7) is 4.31. The Morgan fingerprint density at radius 3 is 2.79 bits per heavy atom. The number of carbonyl (C=O) groups excluding carboxylic acids is 1. The van der Waals surface area contributed by atoms with Gasteiger partial charge >= 0.3 is 5.97 Å². The lowest BCUT2D eigenvalue weighted by molar-refractivity contribution is -0.148. The van der Waals surface area contributed by atoms with Gasteiger partial charge in [-0.05, 0) is 32.2 Å². The van der Waals surface area contributed by atoms with Crippen molar-refractivity contribution < 1.29 is 19.0 Å². The van der Waals surface area contributed by atoms with Crippen molar-refractivity contribution in [2.45, 2.75) is 50.7 Å². The van der Waals surface area contributed by atoms with E-state index in [1.54, 1.807) is 7.11 Å². The number of ether oxygens (including phenoxy) is 3. The molecule has 0 aromatic rings. The number of methoxy groups -OCH3 is 2. The highest BCUT2D eigenvalue weighted by Gasteiger charge is 2.46. The maximum atomic E-state index is 12.0. The van der Waals surface area contributed by atoms with Crippen LogP contribution in [0.3, 0.4) is 0 Å². The van der Waals surface area contributed by atoms with Crippen LogP contribution in [0.2, 0.25) is 0 Å². The molecule has 1 fully saturated rings. The number of nitrogens with one attached hydrogen (secondary N) is 1. The monoisotopic (exact) mass is 273 g/mol. The minimum absolute atomic E-state index is 0.139. The van der Waals surface area contributed by atoms with Gasteiger partial charge in [0.15, 0.2) is 0 Å². The third-order valence-corrected chi connectivity index (χ3v) is 3.61. The number of hydrogen-bond acceptors (Lipinski definition) is 5. The fourth-order valence-corrected chi connectivity index (χ4v) is 2.57. The second-order valence-corrected chi connectivity index (χ2v) is 5.08. The maximum absolute atomic E-state index is 12.0. The molecule has 19 heavy (non-hydrogen) atoms. The van der Waals surface area contributed by atoms with Crippen molar-refractivity contribution in [1.82, 2.24) is 5.32 Å². The zero-order chi connectivity index (χ0) is 14.1. The van der Waals surface area contributed by atoms with E-state index in [1.165, 1.54) is 7.11 Å². The molecule has 0 radical (unpaired) electrons. The molecule has 1 saturated carbocycles. The third-order valence-electron chi connectivity index (χ3n) is 3.61. The van der Waals surface area contributed by atoms with E-state index in [0.29, 0.717) is 19.6 Å². The van der Waals surface area contributed by atoms with Crippen LogP contribution in [0.4, 0.5) is 0 Å². The molecule has 5 heteroatoms. The van der Waals surface area contributed by atoms with Gasteiger partial charge in [0.2, 0.25) is 0 Å². The summed E-state index contributed by atoms with van der Waals surface area (Å²) < 4.78 is 15.7. The zero-order valence-corrected chi connectivity index (χ0v) is 12.4. The van der Waals surface area contributed by atoms with Crippen LogP contribution >= 0.6 is 0 Å². The molecule has 0 aromatic carbocycles. The first-order chi connectivity index (χ1) is 9.18. The van der Waals surface area contributed by atoms with Crippen LogP contribution in [0.25, 0.3) is 0 Å². The molecule has 1 rings (SSSR count). The lowest BCUT2D eigenvalue weighted by atomic mass is 9.97. The lowest BCUT2D eigenvalue weighted by Gasteiger charge is -2.27. The number of esters is 1. The van der Waals surface area contributed by atoms with Crippen LogP contribution in [0.15, 0.2) is 0 Å². The van der Waals surface area contributed by atoms with Crippen LogP contribution in [0.1, 0.15) is 39.0 Å². The van der Waals surface area contributed by atoms with Crippen LogP contribution in [0, 0.1) is 0 Å². The molecule has 0 bridgehead atoms. The molecule has 0 aromatic heterocycles. The Kier molecular flexibility index (Phi) is 7.34. The average Bonchev–Trinajstić information content (AvgIpc) is 2.85. The Labute approximate surface area is 116 Å². The van der Waals surface area contributed by atoms with Crippen molar-refractivity contribution >= 4 is 5.97 Å². The summed E-state index contributed by atoms with van der Waals surface area (Å²) in [5.41, 5.74) is -0.545. The van der Waals surface area contributed by atoms with E-state index in [2.05, 4.69) is 12.2 Å². The Balaban J connectivity index is 2.44. The molecule has 5 nitrogen and oxygen atoms in total. The summed E-state index contributed by atoms with van der Waals surface area (Å²) in [5.74, 6) is -0.163. The first-order valence-electron chi connectivity index (χ1n) is 7.12. The molecule has 112 valence electrons. The second kappa shape index (κ2) is 8.51. The minimum Gasteiger partial charge on any atom is -0.468 e. The summed E-state index contributed by atoms with van der Waals surface area (Å²) in [6, 6.07) is 0. The van der Waals surface area contributed by atoms with E-state index >= 15 is 0 Å². The summed E-state index contributed by atoms with van der Waals surface area (Å²) in [7, 11) is 3.14. The summed E-state index contributed by atoms with van der Waals surface area (Å²) in [5, 5.41) is 3.35. The van der Waals surface area contributed by atoms with Crippen molar-refractivity contribution in [2.75, 3.05) is 34.0 Å². The summed E-state index contributed by atoms with van der Waals surface area (Å²) >= 11 is 0. The molecule has 1 N–H and O–H groups in total. The standard InChI is InChI=1S/C14H27NO4/c1-4-8-15-14(13(16)18-3)7-6-12(11-14)19-10-5-9-17-2/h12,15H,4-11H2,1-3H3. The topological polar surface area (TPSA) is 56.8 Å². The number of hydrogen-bond donors (Lipinski definition) is 1. The van der Waals surface area contributed by atoms with E-state index in [-0.39, 0.29) is 12.1 Å². The van der Waals surface area contributed by atoms with E-state index < -0.39 is 5.54 Å². The van der Waals surface area contributed by atoms with Gasteiger partial charge in [-0.15, -0.1) is 0 Å². The predicted octanol–water partition coefficient (Wildman–Crippen LogP) is 1.50. The van der Waals surface area contributed by atoms with Gasteiger partial charge in [0.05, 0.1) is 13.2 Å². The Bertz CT molecular complexity index is 272. The predicted molar refractivity (Wildman–Crippen MR) is 73.1 cm³/mol. The highest BCUT2D eigenvalue weighted by molar-refractivity contribution is 5.81. The third kappa shape index (κ3) is 4.75. The van der Waals surface area contributed by atoms with Gasteiger partial charge in [0.1, 0.15) is 5.54 Å². The highest BCUT2D eigenvalue weighted by Crippen LogP contribution is 2.33. The van der Waals surface area contributed by atoms with Crippen molar-refractivity contribution in [3.63, 3.8) is 0 Å². The average molecular weight is 273 g/mol. The van der Waals surface area contributed by atoms with E-state index in [0.717, 1.165) is 32.2 Å². The highest BCUT2D eigenvalue weighted by atomic mass is 16.5. The van der Waals surface area contributed by atoms with Crippen molar-refractivity contribution in [2.24, 2.45) is 0 Å². The van der Waals surface area contributed by atoms with Gasteiger partial charge in [-0.2, -0.15) is 0 Å². The largest absolute Gasteiger partial charge is 0.468 e. The van der Waals surface area contributed by atoms with Crippen LogP contribution in [-0.4, -0.2) is 51.6 Å². The molecular weight excluding hydrogens is 246 g/mol. The van der Waals surface area contributed by atoms with E-state index in [4.69, 9.17) is 14.2 Å². The molecule has 2 atom stereocenters. The molecule has 1 aliphatic rings. The zero-order valence-electron chi connectivity index (χ0n) is 12.4. The van der Waals surface area contributed by atoms with Crippen molar-refractivity contribution in [3.05, 3.63) is 0 Å². The fourth-order valence-electron chi connectivity index (χ4n) is 2.57. The first kappa shape index (κ1) is 16.4. The van der Waals surface area contributed by atoms with Gasteiger partial charge in [-0.25, -0.2) is 0 Å². The van der Waals surface area contributed by atoms with Gasteiger partial charge < -0.3 is 19.5 Å². The van der Waals surface area contributed by atoms with Gasteiger partial charge in [0.25, 0.3) is 0 Å². The van der Waals surface area contributed by atoms with Gasteiger partial charge in [-0.1, -0.05) is 6.92 Å². The SMILES string of the molecule is CCCNC1(C(=O)OC)CCC(OCCCOC)C1. The molecule has 0 spiro atoms. The van der Waals surface area contributed by atoms with Crippen LogP contribution in [0.5, 0.6) is 0 Å².